The van der Waals surface area contributed by atoms with Gasteiger partial charge in [0, 0.05) is 41.4 Å². The number of fused-ring (bicyclic) bond motifs is 1. The van der Waals surface area contributed by atoms with Crippen molar-refractivity contribution >= 4 is 45.4 Å². The van der Waals surface area contributed by atoms with Crippen molar-refractivity contribution in [2.24, 2.45) is 0 Å². The van der Waals surface area contributed by atoms with Crippen molar-refractivity contribution in [3.63, 3.8) is 0 Å². The van der Waals surface area contributed by atoms with Gasteiger partial charge >= 0.3 is 0 Å². The van der Waals surface area contributed by atoms with E-state index in [0.29, 0.717) is 21.5 Å². The molecule has 0 aliphatic carbocycles. The number of aromatic amines is 1. The number of rotatable bonds is 2. The summed E-state index contributed by atoms with van der Waals surface area (Å²) in [6.45, 7) is 1.57. The Hall–Kier alpha value is -1.87. The molecule has 1 amide bonds. The van der Waals surface area contributed by atoms with Gasteiger partial charge in [-0.2, -0.15) is 16.7 Å². The van der Waals surface area contributed by atoms with Crippen LogP contribution in [0.1, 0.15) is 23.5 Å². The number of carbonyl (C=O) groups is 1. The molecule has 6 nitrogen and oxygen atoms in total. The molecule has 1 aromatic carbocycles. The molecule has 2 aliphatic heterocycles. The largest absolute Gasteiger partial charge is 0.341 e. The Labute approximate surface area is 161 Å². The number of amides is 1. The number of benzene rings is 1. The van der Waals surface area contributed by atoms with E-state index in [9.17, 15) is 14.0 Å². The predicted molar refractivity (Wildman–Crippen MR) is 104 cm³/mol. The lowest BCUT2D eigenvalue weighted by Crippen LogP contribution is -2.37. The van der Waals surface area contributed by atoms with Crippen LogP contribution in [0.4, 0.5) is 16.2 Å². The molecule has 0 spiro atoms. The number of carbonyl (C=O) groups excluding carboxylic acids is 1. The molecule has 0 radical (unpaired) electrons. The Balaban J connectivity index is 1.80. The van der Waals surface area contributed by atoms with Gasteiger partial charge in [-0.1, -0.05) is 22.0 Å². The first-order valence-corrected chi connectivity index (χ1v) is 10.2. The fourth-order valence-electron chi connectivity index (χ4n) is 3.33. The maximum atomic E-state index is 14.5. The van der Waals surface area contributed by atoms with Crippen LogP contribution in [0.15, 0.2) is 27.5 Å². The maximum absolute atomic E-state index is 14.5. The number of anilines is 2. The SMILES string of the molecule is O=C1CC(c2ccc(Br)cc2F)c2c(nc(N3CCSCC3)[nH]c2=O)N1. The van der Waals surface area contributed by atoms with Crippen molar-refractivity contribution in [2.45, 2.75) is 12.3 Å². The van der Waals surface area contributed by atoms with Gasteiger partial charge in [-0.15, -0.1) is 0 Å². The van der Waals surface area contributed by atoms with Gasteiger partial charge in [-0.05, 0) is 17.7 Å². The topological polar surface area (TPSA) is 78.1 Å². The molecule has 136 valence electrons. The smallest absolute Gasteiger partial charge is 0.258 e. The highest BCUT2D eigenvalue weighted by Gasteiger charge is 2.33. The third kappa shape index (κ3) is 3.25. The normalized spacial score (nSPS) is 19.8. The number of H-pyrrole nitrogens is 1. The lowest BCUT2D eigenvalue weighted by atomic mass is 9.86. The Kier molecular flexibility index (Phi) is 4.74. The van der Waals surface area contributed by atoms with Crippen molar-refractivity contribution in [2.75, 3.05) is 34.8 Å². The van der Waals surface area contributed by atoms with E-state index in [1.54, 1.807) is 12.1 Å². The standard InChI is InChI=1S/C17H16BrFN4O2S/c18-9-1-2-10(12(19)7-9)11-8-13(24)20-15-14(11)16(25)22-17(21-15)23-3-5-26-6-4-23/h1-2,7,11H,3-6,8H2,(H2,20,21,22,24,25). The van der Waals surface area contributed by atoms with Crippen molar-refractivity contribution in [3.8, 4) is 0 Å². The van der Waals surface area contributed by atoms with Crippen LogP contribution < -0.4 is 15.8 Å². The molecule has 1 aromatic heterocycles. The lowest BCUT2D eigenvalue weighted by molar-refractivity contribution is -0.116. The Morgan fingerprint density at radius 2 is 2.04 bits per heavy atom. The molecule has 2 N–H and O–H groups in total. The molecule has 9 heteroatoms. The van der Waals surface area contributed by atoms with E-state index in [1.807, 2.05) is 16.7 Å². The van der Waals surface area contributed by atoms with Crippen molar-refractivity contribution < 1.29 is 9.18 Å². The van der Waals surface area contributed by atoms with Crippen LogP contribution in [0.5, 0.6) is 0 Å². The fraction of sp³-hybridized carbons (Fsp3) is 0.353. The van der Waals surface area contributed by atoms with Crippen molar-refractivity contribution in [3.05, 3.63) is 50.0 Å². The average Bonchev–Trinajstić information content (AvgIpc) is 2.61. The van der Waals surface area contributed by atoms with Crippen LogP contribution in [0, 0.1) is 5.82 Å². The zero-order valence-corrected chi connectivity index (χ0v) is 16.1. The van der Waals surface area contributed by atoms with Gasteiger partial charge in [-0.3, -0.25) is 14.6 Å². The van der Waals surface area contributed by atoms with Crippen LogP contribution in [0.25, 0.3) is 0 Å². The maximum Gasteiger partial charge on any atom is 0.258 e. The fourth-order valence-corrected chi connectivity index (χ4v) is 4.57. The Morgan fingerprint density at radius 1 is 1.27 bits per heavy atom. The summed E-state index contributed by atoms with van der Waals surface area (Å²) in [5.41, 5.74) is 0.287. The summed E-state index contributed by atoms with van der Waals surface area (Å²) in [4.78, 5) is 34.2. The minimum atomic E-state index is -0.658. The highest BCUT2D eigenvalue weighted by Crippen LogP contribution is 2.36. The van der Waals surface area contributed by atoms with E-state index in [2.05, 4.69) is 31.2 Å². The minimum Gasteiger partial charge on any atom is -0.341 e. The van der Waals surface area contributed by atoms with E-state index in [0.717, 1.165) is 24.6 Å². The third-order valence-electron chi connectivity index (χ3n) is 4.59. The summed E-state index contributed by atoms with van der Waals surface area (Å²) >= 11 is 5.08. The van der Waals surface area contributed by atoms with E-state index >= 15 is 0 Å². The third-order valence-corrected chi connectivity index (χ3v) is 6.02. The van der Waals surface area contributed by atoms with Crippen LogP contribution in [-0.4, -0.2) is 40.5 Å². The first kappa shape index (κ1) is 17.5. The first-order valence-electron chi connectivity index (χ1n) is 8.24. The zero-order chi connectivity index (χ0) is 18.3. The lowest BCUT2D eigenvalue weighted by Gasteiger charge is -2.29. The molecule has 1 unspecified atom stereocenters. The number of nitrogens with zero attached hydrogens (tertiary/aromatic N) is 2. The zero-order valence-electron chi connectivity index (χ0n) is 13.7. The molecular formula is C17H16BrFN4O2S. The number of hydrogen-bond acceptors (Lipinski definition) is 5. The van der Waals surface area contributed by atoms with Gasteiger partial charge in [0.1, 0.15) is 11.6 Å². The van der Waals surface area contributed by atoms with Crippen LogP contribution in [0.2, 0.25) is 0 Å². The molecule has 1 saturated heterocycles. The van der Waals surface area contributed by atoms with E-state index < -0.39 is 11.7 Å². The monoisotopic (exact) mass is 438 g/mol. The van der Waals surface area contributed by atoms with Gasteiger partial charge < -0.3 is 10.2 Å². The van der Waals surface area contributed by atoms with Crippen molar-refractivity contribution in [1.82, 2.24) is 9.97 Å². The predicted octanol–water partition coefficient (Wildman–Crippen LogP) is 2.70. The number of thioether (sulfide) groups is 1. The van der Waals surface area contributed by atoms with Crippen LogP contribution >= 0.6 is 27.7 Å². The molecule has 4 rings (SSSR count). The first-order chi connectivity index (χ1) is 12.5. The van der Waals surface area contributed by atoms with E-state index in [1.165, 1.54) is 6.07 Å². The summed E-state index contributed by atoms with van der Waals surface area (Å²) in [7, 11) is 0. The quantitative estimate of drug-likeness (QED) is 0.753. The minimum absolute atomic E-state index is 0.00993. The van der Waals surface area contributed by atoms with Gasteiger partial charge in [-0.25, -0.2) is 4.39 Å². The molecule has 3 heterocycles. The van der Waals surface area contributed by atoms with E-state index in [-0.39, 0.29) is 23.7 Å². The molecule has 1 fully saturated rings. The number of halogens is 2. The summed E-state index contributed by atoms with van der Waals surface area (Å²) < 4.78 is 15.1. The van der Waals surface area contributed by atoms with Gasteiger partial charge in [0.25, 0.3) is 5.56 Å². The highest BCUT2D eigenvalue weighted by atomic mass is 79.9. The number of hydrogen-bond donors (Lipinski definition) is 2. The summed E-state index contributed by atoms with van der Waals surface area (Å²) in [6, 6.07) is 4.64. The average molecular weight is 439 g/mol. The summed E-state index contributed by atoms with van der Waals surface area (Å²) in [5, 5.41) is 2.68. The molecule has 2 aromatic rings. The summed E-state index contributed by atoms with van der Waals surface area (Å²) in [6.07, 6.45) is 0.00993. The molecule has 2 aliphatic rings. The summed E-state index contributed by atoms with van der Waals surface area (Å²) in [5.74, 6) is 1.20. The molecular weight excluding hydrogens is 423 g/mol. The highest BCUT2D eigenvalue weighted by molar-refractivity contribution is 9.10. The second-order valence-electron chi connectivity index (χ2n) is 6.22. The van der Waals surface area contributed by atoms with Crippen molar-refractivity contribution in [1.29, 1.82) is 0 Å². The molecule has 26 heavy (non-hydrogen) atoms. The van der Waals surface area contributed by atoms with Crippen LogP contribution in [0.3, 0.4) is 0 Å². The molecule has 0 bridgehead atoms. The molecule has 1 atom stereocenters. The van der Waals surface area contributed by atoms with Crippen LogP contribution in [-0.2, 0) is 4.79 Å². The van der Waals surface area contributed by atoms with Gasteiger partial charge in [0.05, 0.1) is 5.56 Å². The van der Waals surface area contributed by atoms with Gasteiger partial charge in [0.2, 0.25) is 11.9 Å². The Bertz CT molecular complexity index is 929. The second kappa shape index (κ2) is 7.03. The number of aromatic nitrogens is 2. The number of nitrogens with one attached hydrogen (secondary N) is 2. The van der Waals surface area contributed by atoms with Gasteiger partial charge in [0.15, 0.2) is 0 Å². The Morgan fingerprint density at radius 3 is 2.77 bits per heavy atom. The second-order valence-corrected chi connectivity index (χ2v) is 8.36. The van der Waals surface area contributed by atoms with E-state index in [4.69, 9.17) is 0 Å². The molecule has 0 saturated carbocycles.